The lowest BCUT2D eigenvalue weighted by Crippen LogP contribution is -2.36. The number of urea groups is 1. The normalized spacial score (nSPS) is 13.0. The third kappa shape index (κ3) is 3.95. The fraction of sp³-hybridized carbons (Fsp3) is 0.467. The Labute approximate surface area is 124 Å². The number of carbonyl (C=O) groups is 2. The molecule has 2 rings (SSSR count). The molecule has 2 N–H and O–H groups in total. The van der Waals surface area contributed by atoms with E-state index in [1.54, 1.807) is 18.9 Å². The predicted molar refractivity (Wildman–Crippen MR) is 80.3 cm³/mol. The molecule has 1 aliphatic heterocycles. The number of methoxy groups -OCH3 is 1. The van der Waals surface area contributed by atoms with Crippen molar-refractivity contribution in [2.75, 3.05) is 31.7 Å². The first kappa shape index (κ1) is 15.3. The van der Waals surface area contributed by atoms with Gasteiger partial charge >= 0.3 is 6.03 Å². The Bertz CT molecular complexity index is 531. The van der Waals surface area contributed by atoms with Crippen LogP contribution in [0.15, 0.2) is 18.2 Å². The molecular formula is C15H21N3O3. The molecule has 0 bridgehead atoms. The molecule has 1 aromatic rings. The summed E-state index contributed by atoms with van der Waals surface area (Å²) in [5.41, 5.74) is 3.17. The van der Waals surface area contributed by atoms with Crippen molar-refractivity contribution < 1.29 is 14.3 Å². The SMILES string of the molecule is COCCNC(=O)NCc1ccc2c(c1)CCN2C(C)=O. The van der Waals surface area contributed by atoms with Crippen molar-refractivity contribution in [1.82, 2.24) is 10.6 Å². The molecule has 0 spiro atoms. The molecule has 0 aliphatic carbocycles. The molecule has 0 unspecified atom stereocenters. The number of anilines is 1. The van der Waals surface area contributed by atoms with Gasteiger partial charge in [0.05, 0.1) is 6.61 Å². The zero-order chi connectivity index (χ0) is 15.2. The van der Waals surface area contributed by atoms with E-state index in [0.717, 1.165) is 29.8 Å². The summed E-state index contributed by atoms with van der Waals surface area (Å²) >= 11 is 0. The number of hydrogen-bond acceptors (Lipinski definition) is 3. The van der Waals surface area contributed by atoms with Gasteiger partial charge in [0, 0.05) is 39.4 Å². The Morgan fingerprint density at radius 1 is 1.33 bits per heavy atom. The monoisotopic (exact) mass is 291 g/mol. The zero-order valence-corrected chi connectivity index (χ0v) is 12.4. The summed E-state index contributed by atoms with van der Waals surface area (Å²) in [5.74, 6) is 0.0668. The predicted octanol–water partition coefficient (Wildman–Crippen LogP) is 1.04. The Kier molecular flexibility index (Phi) is 5.16. The minimum Gasteiger partial charge on any atom is -0.383 e. The molecule has 1 heterocycles. The highest BCUT2D eigenvalue weighted by atomic mass is 16.5. The number of nitrogens with one attached hydrogen (secondary N) is 2. The van der Waals surface area contributed by atoms with Gasteiger partial charge in [-0.1, -0.05) is 12.1 Å². The van der Waals surface area contributed by atoms with Gasteiger partial charge in [0.2, 0.25) is 5.91 Å². The number of amides is 3. The van der Waals surface area contributed by atoms with Crippen LogP contribution in [-0.4, -0.2) is 38.7 Å². The van der Waals surface area contributed by atoms with Crippen molar-refractivity contribution in [1.29, 1.82) is 0 Å². The van der Waals surface area contributed by atoms with Crippen molar-refractivity contribution in [3.8, 4) is 0 Å². The van der Waals surface area contributed by atoms with Gasteiger partial charge in [0.25, 0.3) is 0 Å². The van der Waals surface area contributed by atoms with Gasteiger partial charge in [-0.15, -0.1) is 0 Å². The zero-order valence-electron chi connectivity index (χ0n) is 12.4. The summed E-state index contributed by atoms with van der Waals surface area (Å²) in [5, 5.41) is 5.50. The molecule has 0 atom stereocenters. The van der Waals surface area contributed by atoms with Crippen LogP contribution < -0.4 is 15.5 Å². The van der Waals surface area contributed by atoms with E-state index in [4.69, 9.17) is 4.74 Å². The van der Waals surface area contributed by atoms with Crippen molar-refractivity contribution in [2.24, 2.45) is 0 Å². The van der Waals surface area contributed by atoms with E-state index in [2.05, 4.69) is 10.6 Å². The van der Waals surface area contributed by atoms with Crippen LogP contribution in [0.5, 0.6) is 0 Å². The van der Waals surface area contributed by atoms with Gasteiger partial charge in [0.15, 0.2) is 0 Å². The fourth-order valence-electron chi connectivity index (χ4n) is 2.40. The molecular weight excluding hydrogens is 270 g/mol. The average Bonchev–Trinajstić information content (AvgIpc) is 2.88. The standard InChI is InChI=1S/C15H21N3O3/c1-11(19)18-7-5-13-9-12(3-4-14(13)18)10-17-15(20)16-6-8-21-2/h3-4,9H,5-8,10H2,1-2H3,(H2,16,17,20). The van der Waals surface area contributed by atoms with Crippen LogP contribution in [0.1, 0.15) is 18.1 Å². The number of fused-ring (bicyclic) bond motifs is 1. The summed E-state index contributed by atoms with van der Waals surface area (Å²) in [6.07, 6.45) is 0.864. The number of hydrogen-bond donors (Lipinski definition) is 2. The number of carbonyl (C=O) groups excluding carboxylic acids is 2. The Morgan fingerprint density at radius 2 is 2.14 bits per heavy atom. The molecule has 6 nitrogen and oxygen atoms in total. The Morgan fingerprint density at radius 3 is 2.86 bits per heavy atom. The minimum absolute atomic E-state index is 0.0668. The summed E-state index contributed by atoms with van der Waals surface area (Å²) in [7, 11) is 1.59. The number of rotatable bonds is 5. The molecule has 0 aromatic heterocycles. The molecule has 1 aromatic carbocycles. The van der Waals surface area contributed by atoms with Crippen molar-refractivity contribution in [2.45, 2.75) is 19.9 Å². The van der Waals surface area contributed by atoms with E-state index in [0.29, 0.717) is 19.7 Å². The largest absolute Gasteiger partial charge is 0.383 e. The van der Waals surface area contributed by atoms with Gasteiger partial charge < -0.3 is 20.3 Å². The molecule has 0 radical (unpaired) electrons. The van der Waals surface area contributed by atoms with Crippen LogP contribution in [0, 0.1) is 0 Å². The second kappa shape index (κ2) is 7.08. The molecule has 0 saturated heterocycles. The van der Waals surface area contributed by atoms with Crippen molar-refractivity contribution in [3.63, 3.8) is 0 Å². The van der Waals surface area contributed by atoms with Gasteiger partial charge in [-0.25, -0.2) is 4.79 Å². The first-order valence-corrected chi connectivity index (χ1v) is 7.02. The van der Waals surface area contributed by atoms with Crippen molar-refractivity contribution >= 4 is 17.6 Å². The second-order valence-corrected chi connectivity index (χ2v) is 4.99. The minimum atomic E-state index is -0.210. The van der Waals surface area contributed by atoms with Crippen LogP contribution in [0.2, 0.25) is 0 Å². The lowest BCUT2D eigenvalue weighted by atomic mass is 10.1. The van der Waals surface area contributed by atoms with Crippen LogP contribution in [0.4, 0.5) is 10.5 Å². The lowest BCUT2D eigenvalue weighted by Gasteiger charge is -2.15. The first-order chi connectivity index (χ1) is 10.1. The number of ether oxygens (including phenoxy) is 1. The molecule has 21 heavy (non-hydrogen) atoms. The topological polar surface area (TPSA) is 70.7 Å². The molecule has 6 heteroatoms. The van der Waals surface area contributed by atoms with E-state index in [9.17, 15) is 9.59 Å². The van der Waals surface area contributed by atoms with E-state index >= 15 is 0 Å². The molecule has 3 amide bonds. The van der Waals surface area contributed by atoms with E-state index in [1.807, 2.05) is 18.2 Å². The highest BCUT2D eigenvalue weighted by Gasteiger charge is 2.21. The number of benzene rings is 1. The summed E-state index contributed by atoms with van der Waals surface area (Å²) in [6.45, 7) is 3.76. The van der Waals surface area contributed by atoms with E-state index in [1.165, 1.54) is 0 Å². The molecule has 0 fully saturated rings. The maximum Gasteiger partial charge on any atom is 0.315 e. The van der Waals surface area contributed by atoms with Gasteiger partial charge in [-0.05, 0) is 23.6 Å². The highest BCUT2D eigenvalue weighted by Crippen LogP contribution is 2.28. The molecule has 1 aliphatic rings. The summed E-state index contributed by atoms with van der Waals surface area (Å²) in [4.78, 5) is 24.8. The maximum absolute atomic E-state index is 11.5. The quantitative estimate of drug-likeness (QED) is 0.796. The lowest BCUT2D eigenvalue weighted by molar-refractivity contribution is -0.116. The van der Waals surface area contributed by atoms with Crippen molar-refractivity contribution in [3.05, 3.63) is 29.3 Å². The smallest absolute Gasteiger partial charge is 0.315 e. The number of nitrogens with zero attached hydrogens (tertiary/aromatic N) is 1. The molecule has 114 valence electrons. The summed E-state index contributed by atoms with van der Waals surface area (Å²) in [6, 6.07) is 5.73. The van der Waals surface area contributed by atoms with Gasteiger partial charge in [0.1, 0.15) is 0 Å². The van der Waals surface area contributed by atoms with Crippen LogP contribution in [-0.2, 0) is 22.5 Å². The van der Waals surface area contributed by atoms with Gasteiger partial charge in [-0.2, -0.15) is 0 Å². The van der Waals surface area contributed by atoms with Crippen LogP contribution in [0.3, 0.4) is 0 Å². The van der Waals surface area contributed by atoms with Crippen LogP contribution in [0.25, 0.3) is 0 Å². The highest BCUT2D eigenvalue weighted by molar-refractivity contribution is 5.93. The fourth-order valence-corrected chi connectivity index (χ4v) is 2.40. The first-order valence-electron chi connectivity index (χ1n) is 7.02. The van der Waals surface area contributed by atoms with Gasteiger partial charge in [-0.3, -0.25) is 4.79 Å². The maximum atomic E-state index is 11.5. The third-order valence-corrected chi connectivity index (χ3v) is 3.46. The summed E-state index contributed by atoms with van der Waals surface area (Å²) < 4.78 is 4.86. The van der Waals surface area contributed by atoms with E-state index in [-0.39, 0.29) is 11.9 Å². The van der Waals surface area contributed by atoms with Crippen LogP contribution >= 0.6 is 0 Å². The van der Waals surface area contributed by atoms with E-state index < -0.39 is 0 Å². The third-order valence-electron chi connectivity index (χ3n) is 3.46. The second-order valence-electron chi connectivity index (χ2n) is 4.99. The average molecular weight is 291 g/mol. The molecule has 0 saturated carbocycles. The Hall–Kier alpha value is -2.08. The Balaban J connectivity index is 1.89.